The van der Waals surface area contributed by atoms with Gasteiger partial charge >= 0.3 is 0 Å². The van der Waals surface area contributed by atoms with E-state index >= 15 is 0 Å². The number of amides is 2. The maximum atomic E-state index is 13.7. The molecule has 2 aliphatic rings. The van der Waals surface area contributed by atoms with Crippen molar-refractivity contribution in [1.82, 2.24) is 10.3 Å². The van der Waals surface area contributed by atoms with E-state index in [0.29, 0.717) is 29.1 Å². The van der Waals surface area contributed by atoms with Crippen LogP contribution in [0.2, 0.25) is 0 Å². The van der Waals surface area contributed by atoms with Crippen LogP contribution in [0.1, 0.15) is 53.9 Å². The minimum absolute atomic E-state index is 0.00415. The van der Waals surface area contributed by atoms with E-state index in [0.717, 1.165) is 35.2 Å². The number of hydrogen-bond acceptors (Lipinski definition) is 5. The number of likely N-dealkylation sites (N-methyl/N-ethyl adjacent to an activating group) is 1. The van der Waals surface area contributed by atoms with Crippen LogP contribution in [0.25, 0.3) is 6.08 Å². The smallest absolute Gasteiger partial charge is 0.249 e. The fourth-order valence-electron chi connectivity index (χ4n) is 5.31. The standard InChI is InChI=1S/C30H33N3O5S.C2H6/c1-33(22-10-12-23(38-2)13-11-22)30(35)27-17-21-7-5-6-20(16-21)14-15-39(36,37)19-28-25(18-29(34)32-27)24-8-3-4-9-26(24)31-28;1-2/h3,5-8,10-13,16,27,31H,4,9,14-15,17-19H2,1-2H3,(H,32,34);1-2H3. The Morgan fingerprint density at radius 2 is 1.76 bits per heavy atom. The second-order valence-electron chi connectivity index (χ2n) is 10.2. The first kappa shape index (κ1) is 30.1. The number of benzene rings is 2. The first-order valence-electron chi connectivity index (χ1n) is 14.1. The highest BCUT2D eigenvalue weighted by molar-refractivity contribution is 7.90. The number of allylic oxidation sites excluding steroid dienone is 1. The maximum Gasteiger partial charge on any atom is 0.249 e. The highest BCUT2D eigenvalue weighted by Gasteiger charge is 2.28. The van der Waals surface area contributed by atoms with Gasteiger partial charge in [-0.2, -0.15) is 0 Å². The van der Waals surface area contributed by atoms with Crippen molar-refractivity contribution < 1.29 is 22.7 Å². The summed E-state index contributed by atoms with van der Waals surface area (Å²) in [6.45, 7) is 4.00. The molecule has 2 N–H and O–H groups in total. The largest absolute Gasteiger partial charge is 0.497 e. The first-order valence-corrected chi connectivity index (χ1v) is 15.9. The van der Waals surface area contributed by atoms with Crippen molar-refractivity contribution in [2.45, 2.75) is 57.7 Å². The van der Waals surface area contributed by atoms with Crippen LogP contribution in [0.15, 0.2) is 54.6 Å². The van der Waals surface area contributed by atoms with Crippen molar-refractivity contribution in [2.75, 3.05) is 24.8 Å². The number of nitrogens with one attached hydrogen (secondary N) is 2. The number of hydrogen-bond donors (Lipinski definition) is 2. The van der Waals surface area contributed by atoms with Gasteiger partial charge in [-0.1, -0.05) is 50.3 Å². The van der Waals surface area contributed by atoms with Gasteiger partial charge in [0.05, 0.1) is 25.0 Å². The van der Waals surface area contributed by atoms with Gasteiger partial charge in [-0.15, -0.1) is 0 Å². The number of fused-ring (bicyclic) bond motifs is 5. The molecule has 1 aliphatic heterocycles. The lowest BCUT2D eigenvalue weighted by Crippen LogP contribution is -2.49. The molecule has 2 bridgehead atoms. The van der Waals surface area contributed by atoms with E-state index in [4.69, 9.17) is 4.74 Å². The molecule has 8 nitrogen and oxygen atoms in total. The second-order valence-corrected chi connectivity index (χ2v) is 12.4. The molecule has 0 saturated heterocycles. The van der Waals surface area contributed by atoms with Crippen LogP contribution < -0.4 is 15.0 Å². The van der Waals surface area contributed by atoms with Gasteiger partial charge in [0.15, 0.2) is 9.84 Å². The summed E-state index contributed by atoms with van der Waals surface area (Å²) < 4.78 is 31.4. The van der Waals surface area contributed by atoms with Crippen LogP contribution in [-0.4, -0.2) is 51.2 Å². The quantitative estimate of drug-likeness (QED) is 0.479. The van der Waals surface area contributed by atoms with Crippen molar-refractivity contribution in [3.63, 3.8) is 0 Å². The zero-order valence-corrected chi connectivity index (χ0v) is 25.0. The van der Waals surface area contributed by atoms with E-state index < -0.39 is 15.9 Å². The highest BCUT2D eigenvalue weighted by atomic mass is 32.2. The Hall–Kier alpha value is -3.85. The van der Waals surface area contributed by atoms with Crippen molar-refractivity contribution in [3.8, 4) is 5.75 Å². The Labute approximate surface area is 242 Å². The monoisotopic (exact) mass is 577 g/mol. The summed E-state index contributed by atoms with van der Waals surface area (Å²) >= 11 is 0. The van der Waals surface area contributed by atoms with Crippen LogP contribution in [0.3, 0.4) is 0 Å². The number of methoxy groups -OCH3 is 1. The Balaban J connectivity index is 0.00000189. The van der Waals surface area contributed by atoms with E-state index in [1.165, 1.54) is 4.90 Å². The Morgan fingerprint density at radius 3 is 2.49 bits per heavy atom. The molecule has 218 valence electrons. The zero-order valence-electron chi connectivity index (χ0n) is 24.2. The van der Waals surface area contributed by atoms with E-state index in [9.17, 15) is 18.0 Å². The predicted octanol–water partition coefficient (Wildman–Crippen LogP) is 4.41. The molecule has 1 unspecified atom stereocenters. The van der Waals surface area contributed by atoms with Crippen molar-refractivity contribution >= 4 is 33.4 Å². The molecule has 2 aromatic carbocycles. The third-order valence-corrected chi connectivity index (χ3v) is 8.97. The minimum atomic E-state index is -3.42. The first-order chi connectivity index (χ1) is 19.7. The molecule has 0 saturated carbocycles. The molecule has 5 rings (SSSR count). The number of nitrogens with zero attached hydrogens (tertiary/aromatic N) is 1. The third-order valence-electron chi connectivity index (χ3n) is 7.42. The van der Waals surface area contributed by atoms with Gasteiger partial charge in [0.1, 0.15) is 11.8 Å². The number of rotatable bonds is 3. The number of aryl methyl sites for hydroxylation is 2. The van der Waals surface area contributed by atoms with Crippen LogP contribution in [0, 0.1) is 0 Å². The average molecular weight is 578 g/mol. The van der Waals surface area contributed by atoms with Gasteiger partial charge in [-0.3, -0.25) is 9.59 Å². The van der Waals surface area contributed by atoms with E-state index in [-0.39, 0.29) is 36.2 Å². The van der Waals surface area contributed by atoms with Gasteiger partial charge in [0.2, 0.25) is 11.8 Å². The number of aromatic amines is 1. The topological polar surface area (TPSA) is 109 Å². The zero-order chi connectivity index (χ0) is 29.6. The summed E-state index contributed by atoms with van der Waals surface area (Å²) in [7, 11) is -0.147. The highest BCUT2D eigenvalue weighted by Crippen LogP contribution is 2.28. The molecule has 1 atom stereocenters. The lowest BCUT2D eigenvalue weighted by molar-refractivity contribution is -0.127. The van der Waals surface area contributed by atoms with Gasteiger partial charge in [0.25, 0.3) is 0 Å². The summed E-state index contributed by atoms with van der Waals surface area (Å²) in [6, 6.07) is 13.9. The molecule has 0 spiro atoms. The Morgan fingerprint density at radius 1 is 1.02 bits per heavy atom. The second kappa shape index (κ2) is 13.2. The predicted molar refractivity (Wildman–Crippen MR) is 163 cm³/mol. The molecular weight excluding hydrogens is 538 g/mol. The Kier molecular flexibility index (Phi) is 9.70. The normalized spacial score (nSPS) is 18.0. The number of ether oxygens (including phenoxy) is 1. The van der Waals surface area contributed by atoms with Crippen molar-refractivity contribution in [1.29, 1.82) is 0 Å². The van der Waals surface area contributed by atoms with Crippen LogP contribution >= 0.6 is 0 Å². The van der Waals surface area contributed by atoms with Crippen LogP contribution in [0.5, 0.6) is 5.75 Å². The molecule has 9 heteroatoms. The van der Waals surface area contributed by atoms with E-state index in [1.807, 2.05) is 50.3 Å². The fourth-order valence-corrected chi connectivity index (χ4v) is 6.69. The molecule has 2 amide bonds. The third kappa shape index (κ3) is 7.27. The lowest BCUT2D eigenvalue weighted by atomic mass is 9.98. The Bertz CT molecular complexity index is 1520. The molecule has 1 aromatic heterocycles. The van der Waals surface area contributed by atoms with Gasteiger partial charge in [-0.05, 0) is 65.8 Å². The van der Waals surface area contributed by atoms with Gasteiger partial charge < -0.3 is 19.9 Å². The van der Waals surface area contributed by atoms with Crippen molar-refractivity contribution in [3.05, 3.63) is 88.2 Å². The van der Waals surface area contributed by atoms with E-state index in [2.05, 4.69) is 10.3 Å². The molecule has 0 radical (unpaired) electrons. The summed E-state index contributed by atoms with van der Waals surface area (Å²) in [5.41, 5.74) is 5.50. The summed E-state index contributed by atoms with van der Waals surface area (Å²) in [5.74, 6) is -0.0403. The van der Waals surface area contributed by atoms with Gasteiger partial charge in [-0.25, -0.2) is 8.42 Å². The van der Waals surface area contributed by atoms with Gasteiger partial charge in [0, 0.05) is 30.5 Å². The maximum absolute atomic E-state index is 13.7. The van der Waals surface area contributed by atoms with Crippen LogP contribution in [-0.2, 0) is 50.9 Å². The number of aromatic nitrogens is 1. The number of carbonyl (C=O) groups is 2. The number of anilines is 1. The summed E-state index contributed by atoms with van der Waals surface area (Å²) in [4.78, 5) is 32.0. The average Bonchev–Trinajstić information content (AvgIpc) is 3.31. The number of sulfone groups is 1. The molecule has 0 fully saturated rings. The molecule has 2 heterocycles. The lowest BCUT2D eigenvalue weighted by Gasteiger charge is -2.25. The van der Waals surface area contributed by atoms with E-state index in [1.54, 1.807) is 38.4 Å². The minimum Gasteiger partial charge on any atom is -0.497 e. The summed E-state index contributed by atoms with van der Waals surface area (Å²) in [5, 5.41) is 2.97. The number of H-pyrrole nitrogens is 1. The molecule has 1 aliphatic carbocycles. The fraction of sp³-hybridized carbons (Fsp3) is 0.375. The number of carbonyl (C=O) groups excluding carboxylic acids is 2. The molecular formula is C32H39N3O5S. The SMILES string of the molecule is CC.COc1ccc(N(C)C(=O)C2Cc3cccc(c3)CCS(=O)(=O)Cc3[nH]c4c(c3CC(=O)N2)C=CCC4)cc1. The van der Waals surface area contributed by atoms with Crippen molar-refractivity contribution in [2.24, 2.45) is 0 Å². The molecule has 41 heavy (non-hydrogen) atoms. The van der Waals surface area contributed by atoms with Crippen LogP contribution in [0.4, 0.5) is 5.69 Å². The molecule has 3 aromatic rings. The summed E-state index contributed by atoms with van der Waals surface area (Å²) in [6.07, 6.45) is 6.26.